The van der Waals surface area contributed by atoms with Crippen LogP contribution in [0.25, 0.3) is 11.1 Å². The van der Waals surface area contributed by atoms with Crippen LogP contribution in [0.3, 0.4) is 0 Å². The first-order chi connectivity index (χ1) is 16.9. The molecule has 2 aliphatic carbocycles. The summed E-state index contributed by atoms with van der Waals surface area (Å²) in [4.78, 5) is 37.2. The summed E-state index contributed by atoms with van der Waals surface area (Å²) in [6, 6.07) is 15.1. The lowest BCUT2D eigenvalue weighted by molar-refractivity contribution is -0.142. The minimum atomic E-state index is -0.871. The summed E-state index contributed by atoms with van der Waals surface area (Å²) < 4.78 is 5.63. The Morgan fingerprint density at radius 3 is 2.29 bits per heavy atom. The number of fused-ring (bicyclic) bond motifs is 3. The van der Waals surface area contributed by atoms with E-state index in [4.69, 9.17) is 4.74 Å². The second-order valence-electron chi connectivity index (χ2n) is 9.38. The SMILES string of the molecule is CCC(C)C(NC(=O)OCC1c2ccccc2-c2ccccc21)C(=O)N[C@@H]1C=CC[C@@H](C(=O)O)C1. The second-order valence-corrected chi connectivity index (χ2v) is 9.38. The van der Waals surface area contributed by atoms with E-state index in [0.29, 0.717) is 19.3 Å². The van der Waals surface area contributed by atoms with Crippen molar-refractivity contribution in [3.63, 3.8) is 0 Å². The fourth-order valence-corrected chi connectivity index (χ4v) is 4.94. The molecule has 2 unspecified atom stereocenters. The van der Waals surface area contributed by atoms with Gasteiger partial charge in [0.1, 0.15) is 12.6 Å². The molecule has 0 heterocycles. The second kappa shape index (κ2) is 10.8. The molecule has 0 spiro atoms. The first-order valence-corrected chi connectivity index (χ1v) is 12.2. The molecule has 0 radical (unpaired) electrons. The number of rotatable bonds is 8. The van der Waals surface area contributed by atoms with Gasteiger partial charge in [-0.2, -0.15) is 0 Å². The van der Waals surface area contributed by atoms with Crippen LogP contribution in [0.2, 0.25) is 0 Å². The molecule has 35 heavy (non-hydrogen) atoms. The third kappa shape index (κ3) is 5.39. The molecule has 2 aromatic rings. The molecular weight excluding hydrogens is 444 g/mol. The van der Waals surface area contributed by atoms with E-state index in [-0.39, 0.29) is 30.4 Å². The number of carbonyl (C=O) groups is 3. The molecular formula is C28H32N2O5. The molecule has 0 aromatic heterocycles. The van der Waals surface area contributed by atoms with Crippen LogP contribution in [-0.4, -0.2) is 41.8 Å². The molecule has 7 nitrogen and oxygen atoms in total. The number of amides is 2. The quantitative estimate of drug-likeness (QED) is 0.488. The van der Waals surface area contributed by atoms with E-state index in [1.165, 1.54) is 0 Å². The van der Waals surface area contributed by atoms with Gasteiger partial charge in [-0.15, -0.1) is 0 Å². The predicted molar refractivity (Wildman–Crippen MR) is 133 cm³/mol. The average Bonchev–Trinajstić information content (AvgIpc) is 3.19. The fourth-order valence-electron chi connectivity index (χ4n) is 4.94. The summed E-state index contributed by atoms with van der Waals surface area (Å²) in [5.74, 6) is -1.93. The molecule has 4 rings (SSSR count). The van der Waals surface area contributed by atoms with Crippen LogP contribution in [0.5, 0.6) is 0 Å². The van der Waals surface area contributed by atoms with Crippen LogP contribution in [0.4, 0.5) is 4.79 Å². The summed E-state index contributed by atoms with van der Waals surface area (Å²) in [5, 5.41) is 14.9. The number of benzene rings is 2. The lowest BCUT2D eigenvalue weighted by Crippen LogP contribution is -2.53. The van der Waals surface area contributed by atoms with E-state index in [1.807, 2.05) is 44.2 Å². The highest BCUT2D eigenvalue weighted by atomic mass is 16.5. The van der Waals surface area contributed by atoms with Gasteiger partial charge in [0, 0.05) is 12.0 Å². The standard InChI is InChI=1S/C28H32N2O5/c1-3-17(2)25(26(31)29-19-10-8-9-18(15-19)27(32)33)30-28(34)35-16-24-22-13-6-4-11-20(22)21-12-5-7-14-23(21)24/h4-8,10-14,17-19,24-25H,3,9,15-16H2,1-2H3,(H,29,31)(H,30,34)(H,32,33)/t17?,18-,19-,25?/m1/s1. The van der Waals surface area contributed by atoms with Crippen molar-refractivity contribution in [2.24, 2.45) is 11.8 Å². The summed E-state index contributed by atoms with van der Waals surface area (Å²) in [7, 11) is 0. The minimum Gasteiger partial charge on any atom is -0.481 e. The zero-order chi connectivity index (χ0) is 24.9. The van der Waals surface area contributed by atoms with Crippen molar-refractivity contribution in [3.8, 4) is 11.1 Å². The normalized spacial score (nSPS) is 20.3. The highest BCUT2D eigenvalue weighted by Crippen LogP contribution is 2.44. The Hall–Kier alpha value is -3.61. The maximum Gasteiger partial charge on any atom is 0.407 e. The van der Waals surface area contributed by atoms with Crippen LogP contribution in [0.15, 0.2) is 60.7 Å². The number of carboxylic acid groups (broad SMARTS) is 1. The molecule has 0 aliphatic heterocycles. The van der Waals surface area contributed by atoms with Crippen molar-refractivity contribution >= 4 is 18.0 Å². The third-order valence-electron chi connectivity index (χ3n) is 7.12. The zero-order valence-electron chi connectivity index (χ0n) is 20.1. The molecule has 184 valence electrons. The third-order valence-corrected chi connectivity index (χ3v) is 7.12. The van der Waals surface area contributed by atoms with Crippen molar-refractivity contribution in [3.05, 3.63) is 71.8 Å². The van der Waals surface area contributed by atoms with E-state index in [2.05, 4.69) is 34.9 Å². The first-order valence-electron chi connectivity index (χ1n) is 12.2. The van der Waals surface area contributed by atoms with E-state index in [9.17, 15) is 19.5 Å². The molecule has 2 aliphatic rings. The number of alkyl carbamates (subject to hydrolysis) is 1. The highest BCUT2D eigenvalue weighted by molar-refractivity contribution is 5.86. The minimum absolute atomic E-state index is 0.0654. The van der Waals surface area contributed by atoms with Gasteiger partial charge in [0.15, 0.2) is 0 Å². The Kier molecular flexibility index (Phi) is 7.54. The molecule has 0 saturated heterocycles. The number of ether oxygens (including phenoxy) is 1. The Morgan fingerprint density at radius 1 is 1.06 bits per heavy atom. The Balaban J connectivity index is 1.40. The molecule has 2 amide bonds. The number of aliphatic carboxylic acids is 1. The molecule has 0 bridgehead atoms. The van der Waals surface area contributed by atoms with E-state index in [1.54, 1.807) is 6.08 Å². The van der Waals surface area contributed by atoms with Crippen molar-refractivity contribution < 1.29 is 24.2 Å². The number of hydrogen-bond acceptors (Lipinski definition) is 4. The molecule has 2 aromatic carbocycles. The largest absolute Gasteiger partial charge is 0.481 e. The highest BCUT2D eigenvalue weighted by Gasteiger charge is 2.32. The van der Waals surface area contributed by atoms with Gasteiger partial charge in [-0.05, 0) is 41.0 Å². The number of carbonyl (C=O) groups excluding carboxylic acids is 2. The number of allylic oxidation sites excluding steroid dienone is 1. The Labute approximate surface area is 205 Å². The van der Waals surface area contributed by atoms with Gasteiger partial charge in [0.2, 0.25) is 5.91 Å². The van der Waals surface area contributed by atoms with Crippen LogP contribution in [-0.2, 0) is 14.3 Å². The van der Waals surface area contributed by atoms with Crippen molar-refractivity contribution in [1.82, 2.24) is 10.6 Å². The molecule has 0 fully saturated rings. The van der Waals surface area contributed by atoms with Gasteiger partial charge in [0.05, 0.1) is 5.92 Å². The van der Waals surface area contributed by atoms with Crippen molar-refractivity contribution in [2.45, 2.75) is 51.1 Å². The number of carboxylic acids is 1. The van der Waals surface area contributed by atoms with Crippen LogP contribution in [0.1, 0.15) is 50.2 Å². The maximum atomic E-state index is 13.0. The smallest absolute Gasteiger partial charge is 0.407 e. The summed E-state index contributed by atoms with van der Waals surface area (Å²) in [5.41, 5.74) is 4.54. The van der Waals surface area contributed by atoms with Gasteiger partial charge >= 0.3 is 12.1 Å². The first kappa shape index (κ1) is 24.5. The fraction of sp³-hybridized carbons (Fsp3) is 0.393. The summed E-state index contributed by atoms with van der Waals surface area (Å²) in [6.07, 6.45) is 4.42. The average molecular weight is 477 g/mol. The molecule has 3 N–H and O–H groups in total. The van der Waals surface area contributed by atoms with Crippen molar-refractivity contribution in [2.75, 3.05) is 6.61 Å². The summed E-state index contributed by atoms with van der Waals surface area (Å²) >= 11 is 0. The van der Waals surface area contributed by atoms with Gasteiger partial charge in [-0.1, -0.05) is 81.0 Å². The van der Waals surface area contributed by atoms with Gasteiger partial charge in [-0.25, -0.2) is 4.79 Å². The van der Waals surface area contributed by atoms with Crippen LogP contribution >= 0.6 is 0 Å². The van der Waals surface area contributed by atoms with Gasteiger partial charge < -0.3 is 20.5 Å². The Morgan fingerprint density at radius 2 is 1.69 bits per heavy atom. The van der Waals surface area contributed by atoms with Gasteiger partial charge in [-0.3, -0.25) is 9.59 Å². The van der Waals surface area contributed by atoms with E-state index in [0.717, 1.165) is 22.3 Å². The maximum absolute atomic E-state index is 13.0. The predicted octanol–water partition coefficient (Wildman–Crippen LogP) is 4.48. The van der Waals surface area contributed by atoms with Gasteiger partial charge in [0.25, 0.3) is 0 Å². The lowest BCUT2D eigenvalue weighted by Gasteiger charge is -2.28. The topological polar surface area (TPSA) is 105 Å². The zero-order valence-corrected chi connectivity index (χ0v) is 20.1. The van der Waals surface area contributed by atoms with E-state index < -0.39 is 24.0 Å². The van der Waals surface area contributed by atoms with Crippen molar-refractivity contribution in [1.29, 1.82) is 0 Å². The molecule has 7 heteroatoms. The number of hydrogen-bond donors (Lipinski definition) is 3. The van der Waals surface area contributed by atoms with Crippen LogP contribution < -0.4 is 10.6 Å². The van der Waals surface area contributed by atoms with Crippen LogP contribution in [0, 0.1) is 11.8 Å². The Bertz CT molecular complexity index is 1080. The monoisotopic (exact) mass is 476 g/mol. The molecule has 0 saturated carbocycles. The molecule has 4 atom stereocenters. The summed E-state index contributed by atoms with van der Waals surface area (Å²) in [6.45, 7) is 4.01. The lowest BCUT2D eigenvalue weighted by atomic mass is 9.90. The number of nitrogens with one attached hydrogen (secondary N) is 2. The van der Waals surface area contributed by atoms with E-state index >= 15 is 0 Å².